The maximum absolute atomic E-state index is 12.1. The quantitative estimate of drug-likeness (QED) is 0.544. The first-order chi connectivity index (χ1) is 15.7. The maximum atomic E-state index is 12.1. The largest absolute Gasteiger partial charge is 0.357 e. The van der Waals surface area contributed by atoms with Crippen LogP contribution in [0.5, 0.6) is 0 Å². The number of hydrogen-bond acceptors (Lipinski definition) is 2. The van der Waals surface area contributed by atoms with Crippen LogP contribution in [0, 0.1) is 0 Å². The summed E-state index contributed by atoms with van der Waals surface area (Å²) in [4.78, 5) is 21.4. The summed E-state index contributed by atoms with van der Waals surface area (Å²) in [6.07, 6.45) is 6.11. The number of aliphatic imine (C=N–C) groups is 1. The first-order valence-corrected chi connectivity index (χ1v) is 11.8. The fourth-order valence-corrected chi connectivity index (χ4v) is 4.46. The summed E-state index contributed by atoms with van der Waals surface area (Å²) in [5, 5.41) is 3.48. The van der Waals surface area contributed by atoms with Crippen LogP contribution in [-0.4, -0.2) is 47.8 Å². The first-order valence-electron chi connectivity index (χ1n) is 11.8. The minimum absolute atomic E-state index is 0.268. The van der Waals surface area contributed by atoms with Crippen LogP contribution >= 0.6 is 0 Å². The van der Waals surface area contributed by atoms with Crippen molar-refractivity contribution in [1.82, 2.24) is 15.1 Å². The topological polar surface area (TPSA) is 47.9 Å². The predicted molar refractivity (Wildman–Crippen MR) is 131 cm³/mol. The molecule has 4 rings (SSSR count). The molecule has 2 aromatic rings. The van der Waals surface area contributed by atoms with Crippen molar-refractivity contribution in [1.29, 1.82) is 0 Å². The number of nitrogens with one attached hydrogen (secondary N) is 1. The zero-order chi connectivity index (χ0) is 22.2. The number of amides is 1. The average molecular weight is 431 g/mol. The third-order valence-corrected chi connectivity index (χ3v) is 6.26. The van der Waals surface area contributed by atoms with Gasteiger partial charge in [0.25, 0.3) is 0 Å². The van der Waals surface area contributed by atoms with Gasteiger partial charge in [0.05, 0.1) is 6.54 Å². The van der Waals surface area contributed by atoms with Crippen molar-refractivity contribution in [2.45, 2.75) is 45.7 Å². The molecule has 2 heterocycles. The normalized spacial score (nSPS) is 17.1. The van der Waals surface area contributed by atoms with Gasteiger partial charge in [-0.2, -0.15) is 0 Å². The molecular weight excluding hydrogens is 396 g/mol. The van der Waals surface area contributed by atoms with Crippen molar-refractivity contribution in [3.05, 3.63) is 76.9 Å². The van der Waals surface area contributed by atoms with Gasteiger partial charge in [0.1, 0.15) is 0 Å². The van der Waals surface area contributed by atoms with Gasteiger partial charge in [0, 0.05) is 39.1 Å². The predicted octanol–water partition coefficient (Wildman–Crippen LogP) is 4.45. The summed E-state index contributed by atoms with van der Waals surface area (Å²) in [6, 6.07) is 19.0. The van der Waals surface area contributed by atoms with Gasteiger partial charge in [-0.15, -0.1) is 0 Å². The van der Waals surface area contributed by atoms with Gasteiger partial charge in [0.2, 0.25) is 5.91 Å². The number of carbonyl (C=O) groups excluding carboxylic acids is 1. The SMILES string of the molecule is CCNC(=NCc1ccccc1CN1CCCC1=O)N1CCC(=Cc2ccccc2)CC1. The molecule has 0 aromatic heterocycles. The number of carbonyl (C=O) groups is 1. The van der Waals surface area contributed by atoms with Gasteiger partial charge < -0.3 is 15.1 Å². The third-order valence-electron chi connectivity index (χ3n) is 6.26. The molecule has 0 unspecified atom stereocenters. The smallest absolute Gasteiger partial charge is 0.222 e. The Hall–Kier alpha value is -3.08. The lowest BCUT2D eigenvalue weighted by Crippen LogP contribution is -2.44. The van der Waals surface area contributed by atoms with E-state index in [0.29, 0.717) is 19.5 Å². The second-order valence-corrected chi connectivity index (χ2v) is 8.56. The van der Waals surface area contributed by atoms with E-state index < -0.39 is 0 Å². The van der Waals surface area contributed by atoms with E-state index in [1.807, 2.05) is 4.90 Å². The lowest BCUT2D eigenvalue weighted by molar-refractivity contribution is -0.128. The molecule has 0 spiro atoms. The lowest BCUT2D eigenvalue weighted by Gasteiger charge is -2.31. The van der Waals surface area contributed by atoms with Crippen LogP contribution < -0.4 is 5.32 Å². The number of benzene rings is 2. The molecule has 2 saturated heterocycles. The van der Waals surface area contributed by atoms with Crippen LogP contribution in [0.1, 0.15) is 49.3 Å². The molecule has 1 N–H and O–H groups in total. The highest BCUT2D eigenvalue weighted by molar-refractivity contribution is 5.80. The molecule has 32 heavy (non-hydrogen) atoms. The van der Waals surface area contributed by atoms with Crippen LogP contribution in [0.15, 0.2) is 65.2 Å². The molecule has 1 amide bonds. The van der Waals surface area contributed by atoms with Crippen LogP contribution in [-0.2, 0) is 17.9 Å². The summed E-state index contributed by atoms with van der Waals surface area (Å²) in [5.74, 6) is 1.25. The summed E-state index contributed by atoms with van der Waals surface area (Å²) in [7, 11) is 0. The molecule has 0 radical (unpaired) electrons. The van der Waals surface area contributed by atoms with Gasteiger partial charge in [-0.3, -0.25) is 4.79 Å². The lowest BCUT2D eigenvalue weighted by atomic mass is 10.0. The maximum Gasteiger partial charge on any atom is 0.222 e. The highest BCUT2D eigenvalue weighted by Gasteiger charge is 2.21. The molecule has 0 atom stereocenters. The van der Waals surface area contributed by atoms with Crippen molar-refractivity contribution < 1.29 is 4.79 Å². The van der Waals surface area contributed by atoms with Crippen LogP contribution in [0.25, 0.3) is 6.08 Å². The Labute approximate surface area is 191 Å². The molecular formula is C27H34N4O. The van der Waals surface area contributed by atoms with E-state index in [-0.39, 0.29) is 5.91 Å². The van der Waals surface area contributed by atoms with Crippen LogP contribution in [0.4, 0.5) is 0 Å². The number of likely N-dealkylation sites (tertiary alicyclic amines) is 2. The minimum atomic E-state index is 0.268. The number of rotatable bonds is 6. The molecule has 168 valence electrons. The van der Waals surface area contributed by atoms with Crippen molar-refractivity contribution in [2.24, 2.45) is 4.99 Å². The Balaban J connectivity index is 1.41. The van der Waals surface area contributed by atoms with E-state index in [2.05, 4.69) is 77.8 Å². The van der Waals surface area contributed by atoms with Crippen molar-refractivity contribution >= 4 is 17.9 Å². The van der Waals surface area contributed by atoms with E-state index in [1.165, 1.54) is 22.3 Å². The summed E-state index contributed by atoms with van der Waals surface area (Å²) < 4.78 is 0. The van der Waals surface area contributed by atoms with Gasteiger partial charge in [0.15, 0.2) is 5.96 Å². The molecule has 5 heteroatoms. The van der Waals surface area contributed by atoms with E-state index in [0.717, 1.165) is 51.4 Å². The van der Waals surface area contributed by atoms with Gasteiger partial charge in [-0.1, -0.05) is 66.2 Å². The zero-order valence-electron chi connectivity index (χ0n) is 19.1. The molecule has 0 saturated carbocycles. The standard InChI is InChI=1S/C27H34N4O/c1-2-28-27(30-17-14-23(15-18-30)19-22-9-4-3-5-10-22)29-20-24-11-6-7-12-25(24)21-31-16-8-13-26(31)32/h3-7,9-12,19H,2,8,13-18,20-21H2,1H3,(H,28,29). The van der Waals surface area contributed by atoms with Crippen LogP contribution in [0.3, 0.4) is 0 Å². The Kier molecular flexibility index (Phi) is 7.59. The second kappa shape index (κ2) is 11.0. The molecule has 0 aliphatic carbocycles. The molecule has 2 aromatic carbocycles. The van der Waals surface area contributed by atoms with Crippen molar-refractivity contribution in [3.8, 4) is 0 Å². The second-order valence-electron chi connectivity index (χ2n) is 8.56. The van der Waals surface area contributed by atoms with Gasteiger partial charge in [-0.05, 0) is 42.9 Å². The van der Waals surface area contributed by atoms with E-state index >= 15 is 0 Å². The highest BCUT2D eigenvalue weighted by atomic mass is 16.2. The van der Waals surface area contributed by atoms with Gasteiger partial charge >= 0.3 is 0 Å². The van der Waals surface area contributed by atoms with Gasteiger partial charge in [-0.25, -0.2) is 4.99 Å². The Bertz CT molecular complexity index is 957. The van der Waals surface area contributed by atoms with Crippen molar-refractivity contribution in [3.63, 3.8) is 0 Å². The minimum Gasteiger partial charge on any atom is -0.357 e. The fourth-order valence-electron chi connectivity index (χ4n) is 4.46. The summed E-state index contributed by atoms with van der Waals surface area (Å²) in [6.45, 7) is 7.12. The fraction of sp³-hybridized carbons (Fsp3) is 0.407. The number of guanidine groups is 1. The van der Waals surface area contributed by atoms with Crippen LogP contribution in [0.2, 0.25) is 0 Å². The third kappa shape index (κ3) is 5.78. The van der Waals surface area contributed by atoms with E-state index in [1.54, 1.807) is 0 Å². The van der Waals surface area contributed by atoms with E-state index in [9.17, 15) is 4.79 Å². The molecule has 5 nitrogen and oxygen atoms in total. The number of hydrogen-bond donors (Lipinski definition) is 1. The molecule has 2 aliphatic rings. The summed E-state index contributed by atoms with van der Waals surface area (Å²) in [5.41, 5.74) is 5.19. The van der Waals surface area contributed by atoms with Crippen molar-refractivity contribution in [2.75, 3.05) is 26.2 Å². The molecule has 2 aliphatic heterocycles. The Morgan fingerprint density at radius 3 is 2.38 bits per heavy atom. The Morgan fingerprint density at radius 2 is 1.69 bits per heavy atom. The van der Waals surface area contributed by atoms with E-state index in [4.69, 9.17) is 4.99 Å². The average Bonchev–Trinajstić information content (AvgIpc) is 3.23. The Morgan fingerprint density at radius 1 is 0.969 bits per heavy atom. The first kappa shape index (κ1) is 22.1. The highest BCUT2D eigenvalue weighted by Crippen LogP contribution is 2.21. The zero-order valence-corrected chi connectivity index (χ0v) is 19.1. The molecule has 2 fully saturated rings. The molecule has 0 bridgehead atoms. The number of piperidine rings is 1. The summed E-state index contributed by atoms with van der Waals surface area (Å²) >= 11 is 0. The monoisotopic (exact) mass is 430 g/mol. The number of nitrogens with zero attached hydrogens (tertiary/aromatic N) is 3.